The molecule has 0 amide bonds. The SMILES string of the molecule is CC(CCO)Sc1nnc2ccccc2n1. The van der Waals surface area contributed by atoms with Crippen LogP contribution in [0.3, 0.4) is 0 Å². The summed E-state index contributed by atoms with van der Waals surface area (Å²) in [5.74, 6) is 0. The maximum absolute atomic E-state index is 8.82. The van der Waals surface area contributed by atoms with E-state index in [0.29, 0.717) is 10.4 Å². The number of aromatic nitrogens is 3. The Bertz CT molecular complexity index is 477. The summed E-state index contributed by atoms with van der Waals surface area (Å²) in [5, 5.41) is 17.9. The van der Waals surface area contributed by atoms with E-state index in [-0.39, 0.29) is 6.61 Å². The number of aliphatic hydroxyl groups is 1. The summed E-state index contributed by atoms with van der Waals surface area (Å²) in [6, 6.07) is 7.66. The molecule has 0 fully saturated rings. The van der Waals surface area contributed by atoms with Crippen LogP contribution in [0.1, 0.15) is 13.3 Å². The van der Waals surface area contributed by atoms with Gasteiger partial charge in [-0.25, -0.2) is 4.98 Å². The third kappa shape index (κ3) is 2.68. The number of fused-ring (bicyclic) bond motifs is 1. The minimum absolute atomic E-state index is 0.190. The molecule has 0 radical (unpaired) electrons. The van der Waals surface area contributed by atoms with E-state index in [0.717, 1.165) is 17.5 Å². The number of aliphatic hydroxyl groups excluding tert-OH is 1. The van der Waals surface area contributed by atoms with Gasteiger partial charge in [0, 0.05) is 11.9 Å². The van der Waals surface area contributed by atoms with Crippen molar-refractivity contribution in [2.24, 2.45) is 0 Å². The minimum Gasteiger partial charge on any atom is -0.396 e. The molecule has 0 aliphatic rings. The second kappa shape index (κ2) is 5.23. The van der Waals surface area contributed by atoms with Crippen molar-refractivity contribution in [3.63, 3.8) is 0 Å². The monoisotopic (exact) mass is 235 g/mol. The van der Waals surface area contributed by atoms with Crippen LogP contribution in [0.25, 0.3) is 11.0 Å². The van der Waals surface area contributed by atoms with E-state index in [4.69, 9.17) is 5.11 Å². The molecule has 1 unspecified atom stereocenters. The smallest absolute Gasteiger partial charge is 0.209 e. The fraction of sp³-hybridized carbons (Fsp3) is 0.364. The minimum atomic E-state index is 0.190. The molecule has 2 aromatic rings. The Morgan fingerprint density at radius 2 is 2.00 bits per heavy atom. The van der Waals surface area contributed by atoms with Gasteiger partial charge in [0.15, 0.2) is 0 Å². The second-order valence-corrected chi connectivity index (χ2v) is 4.93. The van der Waals surface area contributed by atoms with Crippen LogP contribution in [-0.2, 0) is 0 Å². The van der Waals surface area contributed by atoms with Gasteiger partial charge in [0.05, 0.1) is 5.52 Å². The molecule has 5 heteroatoms. The van der Waals surface area contributed by atoms with Crippen molar-refractivity contribution >= 4 is 22.8 Å². The van der Waals surface area contributed by atoms with Gasteiger partial charge < -0.3 is 5.11 Å². The summed E-state index contributed by atoms with van der Waals surface area (Å²) in [6.07, 6.45) is 0.737. The number of rotatable bonds is 4. The predicted molar refractivity (Wildman–Crippen MR) is 64.4 cm³/mol. The van der Waals surface area contributed by atoms with Crippen LogP contribution in [0, 0.1) is 0 Å². The molecule has 0 aliphatic heterocycles. The molecule has 0 spiro atoms. The molecule has 0 saturated carbocycles. The van der Waals surface area contributed by atoms with Crippen molar-refractivity contribution in [1.29, 1.82) is 0 Å². The van der Waals surface area contributed by atoms with E-state index < -0.39 is 0 Å². The van der Waals surface area contributed by atoms with Crippen LogP contribution in [0.4, 0.5) is 0 Å². The lowest BCUT2D eigenvalue weighted by molar-refractivity contribution is 0.289. The zero-order valence-electron chi connectivity index (χ0n) is 9.00. The van der Waals surface area contributed by atoms with Gasteiger partial charge in [-0.05, 0) is 18.6 Å². The lowest BCUT2D eigenvalue weighted by atomic mass is 10.3. The molecule has 0 saturated heterocycles. The van der Waals surface area contributed by atoms with Crippen LogP contribution < -0.4 is 0 Å². The Kier molecular flexibility index (Phi) is 3.69. The molecule has 84 valence electrons. The number of hydrogen-bond donors (Lipinski definition) is 1. The molecule has 0 bridgehead atoms. The third-order valence-electron chi connectivity index (χ3n) is 2.18. The number of benzene rings is 1. The van der Waals surface area contributed by atoms with Gasteiger partial charge >= 0.3 is 0 Å². The maximum Gasteiger partial charge on any atom is 0.209 e. The average molecular weight is 235 g/mol. The topological polar surface area (TPSA) is 58.9 Å². The number of nitrogens with zero attached hydrogens (tertiary/aromatic N) is 3. The zero-order chi connectivity index (χ0) is 11.4. The van der Waals surface area contributed by atoms with Crippen LogP contribution in [-0.4, -0.2) is 32.1 Å². The molecular weight excluding hydrogens is 222 g/mol. The van der Waals surface area contributed by atoms with Gasteiger partial charge in [-0.3, -0.25) is 0 Å². The molecule has 1 heterocycles. The first-order chi connectivity index (χ1) is 7.79. The number of hydrogen-bond acceptors (Lipinski definition) is 5. The molecule has 2 rings (SSSR count). The molecule has 1 aromatic heterocycles. The van der Waals surface area contributed by atoms with E-state index >= 15 is 0 Å². The highest BCUT2D eigenvalue weighted by Gasteiger charge is 2.07. The first-order valence-corrected chi connectivity index (χ1v) is 6.04. The van der Waals surface area contributed by atoms with Gasteiger partial charge in [0.1, 0.15) is 5.52 Å². The zero-order valence-corrected chi connectivity index (χ0v) is 9.81. The Morgan fingerprint density at radius 1 is 1.25 bits per heavy atom. The van der Waals surface area contributed by atoms with Crippen molar-refractivity contribution in [3.05, 3.63) is 24.3 Å². The van der Waals surface area contributed by atoms with Crippen molar-refractivity contribution < 1.29 is 5.11 Å². The molecule has 1 aromatic carbocycles. The van der Waals surface area contributed by atoms with Gasteiger partial charge in [-0.2, -0.15) is 0 Å². The van der Waals surface area contributed by atoms with Gasteiger partial charge in [0.2, 0.25) is 5.16 Å². The van der Waals surface area contributed by atoms with Crippen LogP contribution in [0.5, 0.6) is 0 Å². The number of para-hydroxylation sites is 1. The highest BCUT2D eigenvalue weighted by Crippen LogP contribution is 2.21. The van der Waals surface area contributed by atoms with E-state index in [9.17, 15) is 0 Å². The highest BCUT2D eigenvalue weighted by molar-refractivity contribution is 7.99. The summed E-state index contributed by atoms with van der Waals surface area (Å²) in [4.78, 5) is 4.41. The lowest BCUT2D eigenvalue weighted by Gasteiger charge is -2.07. The fourth-order valence-corrected chi connectivity index (χ4v) is 2.16. The van der Waals surface area contributed by atoms with E-state index in [1.807, 2.05) is 31.2 Å². The summed E-state index contributed by atoms with van der Waals surface area (Å²) < 4.78 is 0. The highest BCUT2D eigenvalue weighted by atomic mass is 32.2. The lowest BCUT2D eigenvalue weighted by Crippen LogP contribution is -2.02. The van der Waals surface area contributed by atoms with E-state index in [1.165, 1.54) is 11.8 Å². The van der Waals surface area contributed by atoms with E-state index in [1.54, 1.807) is 0 Å². The van der Waals surface area contributed by atoms with Crippen molar-refractivity contribution in [1.82, 2.24) is 15.2 Å². The summed E-state index contributed by atoms with van der Waals surface area (Å²) in [6.45, 7) is 2.23. The molecule has 4 nitrogen and oxygen atoms in total. The Labute approximate surface area is 98.1 Å². The van der Waals surface area contributed by atoms with Crippen molar-refractivity contribution in [2.45, 2.75) is 23.8 Å². The van der Waals surface area contributed by atoms with Crippen LogP contribution >= 0.6 is 11.8 Å². The molecular formula is C11H13N3OS. The average Bonchev–Trinajstić information content (AvgIpc) is 2.29. The molecule has 1 N–H and O–H groups in total. The Hall–Kier alpha value is -1.20. The Morgan fingerprint density at radius 3 is 2.75 bits per heavy atom. The molecule has 1 atom stereocenters. The fourth-order valence-electron chi connectivity index (χ4n) is 1.34. The Balaban J connectivity index is 2.19. The maximum atomic E-state index is 8.82. The summed E-state index contributed by atoms with van der Waals surface area (Å²) in [5.41, 5.74) is 1.66. The first-order valence-electron chi connectivity index (χ1n) is 5.16. The van der Waals surface area contributed by atoms with Crippen molar-refractivity contribution in [2.75, 3.05) is 6.61 Å². The third-order valence-corrected chi connectivity index (χ3v) is 3.21. The summed E-state index contributed by atoms with van der Waals surface area (Å²) in [7, 11) is 0. The first kappa shape index (κ1) is 11.3. The van der Waals surface area contributed by atoms with Crippen LogP contribution in [0.15, 0.2) is 29.4 Å². The van der Waals surface area contributed by atoms with Gasteiger partial charge in [-0.15, -0.1) is 10.2 Å². The van der Waals surface area contributed by atoms with Gasteiger partial charge in [0.25, 0.3) is 0 Å². The van der Waals surface area contributed by atoms with Crippen molar-refractivity contribution in [3.8, 4) is 0 Å². The normalized spacial score (nSPS) is 12.9. The standard InChI is InChI=1S/C11H13N3OS/c1-8(6-7-15)16-11-12-9-4-2-3-5-10(9)13-14-11/h2-5,8,15H,6-7H2,1H3. The van der Waals surface area contributed by atoms with Crippen LogP contribution in [0.2, 0.25) is 0 Å². The quantitative estimate of drug-likeness (QED) is 0.820. The van der Waals surface area contributed by atoms with E-state index in [2.05, 4.69) is 15.2 Å². The number of thioether (sulfide) groups is 1. The largest absolute Gasteiger partial charge is 0.396 e. The summed E-state index contributed by atoms with van der Waals surface area (Å²) >= 11 is 1.54. The predicted octanol–water partition coefficient (Wildman–Crippen LogP) is 1.89. The molecule has 16 heavy (non-hydrogen) atoms. The molecule has 0 aliphatic carbocycles. The second-order valence-electron chi connectivity index (χ2n) is 3.52. The van der Waals surface area contributed by atoms with Gasteiger partial charge in [-0.1, -0.05) is 30.8 Å².